The molecule has 0 fully saturated rings. The molecule has 0 aliphatic heterocycles. The molecule has 2 aromatic rings. The molecule has 3 N–H and O–H groups in total. The molecule has 2 atom stereocenters. The normalized spacial score (nSPS) is 13.8. The van der Waals surface area contributed by atoms with Gasteiger partial charge in [0.05, 0.1) is 13.2 Å². The molecule has 2 aromatic carbocycles. The van der Waals surface area contributed by atoms with E-state index < -0.39 is 11.9 Å². The summed E-state index contributed by atoms with van der Waals surface area (Å²) in [6.45, 7) is 2.19. The van der Waals surface area contributed by atoms with Crippen LogP contribution < -0.4 is 10.5 Å². The number of methoxy groups -OCH3 is 1. The fourth-order valence-electron chi connectivity index (χ4n) is 2.52. The highest BCUT2D eigenvalue weighted by Gasteiger charge is 2.25. The molecule has 0 aromatic heterocycles. The van der Waals surface area contributed by atoms with Gasteiger partial charge in [0.2, 0.25) is 0 Å². The second-order valence-electron chi connectivity index (χ2n) is 5.03. The minimum Gasteiger partial charge on any atom is -0.497 e. The lowest BCUT2D eigenvalue weighted by molar-refractivity contribution is 0.142. The molecule has 0 radical (unpaired) electrons. The molecule has 4 heteroatoms. The van der Waals surface area contributed by atoms with Gasteiger partial charge in [-0.25, -0.2) is 4.39 Å². The van der Waals surface area contributed by atoms with Gasteiger partial charge in [-0.2, -0.15) is 0 Å². The predicted octanol–water partition coefficient (Wildman–Crippen LogP) is 2.92. The Bertz CT molecular complexity index is 615. The summed E-state index contributed by atoms with van der Waals surface area (Å²) >= 11 is 0. The number of halogens is 1. The minimum atomic E-state index is -0.998. The SMILES string of the molecule is COc1ccc(C(O)C(CN)c2ccccc2C)c(F)c1. The second kappa shape index (κ2) is 6.70. The Morgan fingerprint density at radius 3 is 2.48 bits per heavy atom. The van der Waals surface area contributed by atoms with Gasteiger partial charge < -0.3 is 15.6 Å². The molecule has 3 nitrogen and oxygen atoms in total. The molecular formula is C17H20FNO2. The summed E-state index contributed by atoms with van der Waals surface area (Å²) in [7, 11) is 1.47. The van der Waals surface area contributed by atoms with Crippen LogP contribution in [0.5, 0.6) is 5.75 Å². The van der Waals surface area contributed by atoms with Crippen LogP contribution in [-0.4, -0.2) is 18.8 Å². The third-order valence-corrected chi connectivity index (χ3v) is 3.75. The summed E-state index contributed by atoms with van der Waals surface area (Å²) in [6.07, 6.45) is -0.998. The van der Waals surface area contributed by atoms with Crippen LogP contribution in [0.4, 0.5) is 4.39 Å². The van der Waals surface area contributed by atoms with E-state index in [-0.39, 0.29) is 18.0 Å². The molecule has 2 rings (SSSR count). The van der Waals surface area contributed by atoms with Gasteiger partial charge in [0.1, 0.15) is 11.6 Å². The van der Waals surface area contributed by atoms with Gasteiger partial charge >= 0.3 is 0 Å². The van der Waals surface area contributed by atoms with E-state index in [1.165, 1.54) is 13.2 Å². The summed E-state index contributed by atoms with van der Waals surface area (Å²) in [4.78, 5) is 0. The van der Waals surface area contributed by atoms with Gasteiger partial charge in [-0.3, -0.25) is 0 Å². The molecule has 112 valence electrons. The zero-order valence-corrected chi connectivity index (χ0v) is 12.2. The molecule has 0 bridgehead atoms. The topological polar surface area (TPSA) is 55.5 Å². The quantitative estimate of drug-likeness (QED) is 0.890. The molecule has 0 amide bonds. The Kier molecular flexibility index (Phi) is 4.94. The first-order chi connectivity index (χ1) is 10.1. The Balaban J connectivity index is 2.37. The number of aryl methyl sites for hydroxylation is 1. The summed E-state index contributed by atoms with van der Waals surface area (Å²) < 4.78 is 19.1. The maximum absolute atomic E-state index is 14.1. The van der Waals surface area contributed by atoms with Gasteiger partial charge in [-0.1, -0.05) is 24.3 Å². The summed E-state index contributed by atoms with van der Waals surface area (Å²) in [5.74, 6) is -0.424. The molecule has 0 saturated carbocycles. The van der Waals surface area contributed by atoms with Gasteiger partial charge in [0, 0.05) is 24.1 Å². The van der Waals surface area contributed by atoms with Crippen molar-refractivity contribution < 1.29 is 14.2 Å². The van der Waals surface area contributed by atoms with Crippen molar-refractivity contribution in [2.75, 3.05) is 13.7 Å². The van der Waals surface area contributed by atoms with Crippen LogP contribution in [0.15, 0.2) is 42.5 Å². The Morgan fingerprint density at radius 1 is 1.19 bits per heavy atom. The number of aliphatic hydroxyl groups is 1. The Hall–Kier alpha value is -1.91. The average Bonchev–Trinajstić information content (AvgIpc) is 2.49. The van der Waals surface area contributed by atoms with E-state index in [0.29, 0.717) is 5.75 Å². The third-order valence-electron chi connectivity index (χ3n) is 3.75. The van der Waals surface area contributed by atoms with E-state index in [1.54, 1.807) is 12.1 Å². The maximum Gasteiger partial charge on any atom is 0.132 e. The summed E-state index contributed by atoms with van der Waals surface area (Å²) in [6, 6.07) is 12.1. The van der Waals surface area contributed by atoms with Crippen molar-refractivity contribution in [1.82, 2.24) is 0 Å². The van der Waals surface area contributed by atoms with Crippen LogP contribution in [0.3, 0.4) is 0 Å². The van der Waals surface area contributed by atoms with Gasteiger partial charge in [-0.05, 0) is 30.2 Å². The van der Waals surface area contributed by atoms with E-state index in [9.17, 15) is 9.50 Å². The average molecular weight is 289 g/mol. The van der Waals surface area contributed by atoms with Crippen LogP contribution in [0.1, 0.15) is 28.7 Å². The highest BCUT2D eigenvalue weighted by Crippen LogP contribution is 2.34. The summed E-state index contributed by atoms with van der Waals surface area (Å²) in [5, 5.41) is 10.5. The number of hydrogen-bond donors (Lipinski definition) is 2. The monoisotopic (exact) mass is 289 g/mol. The van der Waals surface area contributed by atoms with E-state index in [0.717, 1.165) is 11.1 Å². The number of benzene rings is 2. The fourth-order valence-corrected chi connectivity index (χ4v) is 2.52. The van der Waals surface area contributed by atoms with Crippen LogP contribution in [0.2, 0.25) is 0 Å². The molecule has 21 heavy (non-hydrogen) atoms. The van der Waals surface area contributed by atoms with Crippen molar-refractivity contribution in [2.24, 2.45) is 5.73 Å². The van der Waals surface area contributed by atoms with Crippen molar-refractivity contribution >= 4 is 0 Å². The van der Waals surface area contributed by atoms with Crippen molar-refractivity contribution in [2.45, 2.75) is 18.9 Å². The lowest BCUT2D eigenvalue weighted by Gasteiger charge is -2.24. The number of aliphatic hydroxyl groups excluding tert-OH is 1. The van der Waals surface area contributed by atoms with E-state index >= 15 is 0 Å². The molecule has 2 unspecified atom stereocenters. The van der Waals surface area contributed by atoms with Gasteiger partial charge in [0.25, 0.3) is 0 Å². The maximum atomic E-state index is 14.1. The smallest absolute Gasteiger partial charge is 0.132 e. The van der Waals surface area contributed by atoms with Crippen LogP contribution in [0.25, 0.3) is 0 Å². The zero-order valence-electron chi connectivity index (χ0n) is 12.2. The number of rotatable bonds is 5. The fraction of sp³-hybridized carbons (Fsp3) is 0.294. The van der Waals surface area contributed by atoms with E-state index in [4.69, 9.17) is 10.5 Å². The standard InChI is InChI=1S/C17H20FNO2/c1-11-5-3-4-6-13(11)15(10-19)17(20)14-8-7-12(21-2)9-16(14)18/h3-9,15,17,20H,10,19H2,1-2H3. The molecule has 0 aliphatic carbocycles. The zero-order chi connectivity index (χ0) is 15.4. The first kappa shape index (κ1) is 15.5. The predicted molar refractivity (Wildman–Crippen MR) is 80.9 cm³/mol. The molecule has 0 saturated heterocycles. The van der Waals surface area contributed by atoms with Crippen LogP contribution in [-0.2, 0) is 0 Å². The second-order valence-corrected chi connectivity index (χ2v) is 5.03. The van der Waals surface area contributed by atoms with Gasteiger partial charge in [0.15, 0.2) is 0 Å². The largest absolute Gasteiger partial charge is 0.497 e. The lowest BCUT2D eigenvalue weighted by Crippen LogP contribution is -2.21. The van der Waals surface area contributed by atoms with Crippen LogP contribution in [0, 0.1) is 12.7 Å². The van der Waals surface area contributed by atoms with Crippen molar-refractivity contribution in [3.63, 3.8) is 0 Å². The molecule has 0 heterocycles. The first-order valence-electron chi connectivity index (χ1n) is 6.85. The van der Waals surface area contributed by atoms with Gasteiger partial charge in [-0.15, -0.1) is 0 Å². The molecular weight excluding hydrogens is 269 g/mol. The number of ether oxygens (including phenoxy) is 1. The van der Waals surface area contributed by atoms with E-state index in [1.807, 2.05) is 31.2 Å². The van der Waals surface area contributed by atoms with E-state index in [2.05, 4.69) is 0 Å². The minimum absolute atomic E-state index is 0.231. The van der Waals surface area contributed by atoms with Crippen LogP contribution >= 0.6 is 0 Å². The lowest BCUT2D eigenvalue weighted by atomic mass is 9.86. The highest BCUT2D eigenvalue weighted by molar-refractivity contribution is 5.35. The highest BCUT2D eigenvalue weighted by atomic mass is 19.1. The molecule has 0 spiro atoms. The third kappa shape index (κ3) is 3.23. The van der Waals surface area contributed by atoms with Crippen molar-refractivity contribution in [3.8, 4) is 5.75 Å². The number of nitrogens with two attached hydrogens (primary N) is 1. The van der Waals surface area contributed by atoms with Crippen molar-refractivity contribution in [3.05, 3.63) is 65.0 Å². The Labute approximate surface area is 124 Å². The summed E-state index contributed by atoms with van der Waals surface area (Å²) in [5.41, 5.74) is 8.00. The molecule has 0 aliphatic rings. The number of hydrogen-bond acceptors (Lipinski definition) is 3. The first-order valence-corrected chi connectivity index (χ1v) is 6.85. The van der Waals surface area contributed by atoms with Crippen molar-refractivity contribution in [1.29, 1.82) is 0 Å². The Morgan fingerprint density at radius 2 is 1.90 bits per heavy atom.